The second-order valence-corrected chi connectivity index (χ2v) is 7.92. The van der Waals surface area contributed by atoms with Gasteiger partial charge in [-0.05, 0) is 62.6 Å². The Labute approximate surface area is 175 Å². The number of benzene rings is 2. The molecule has 0 saturated carbocycles. The van der Waals surface area contributed by atoms with Crippen LogP contribution in [-0.2, 0) is 5.75 Å². The number of nitrogens with one attached hydrogen (secondary N) is 1. The summed E-state index contributed by atoms with van der Waals surface area (Å²) in [5, 5.41) is 4.85. The van der Waals surface area contributed by atoms with Crippen LogP contribution in [0.3, 0.4) is 0 Å². The molecule has 1 N–H and O–H groups in total. The molecule has 1 aromatic heterocycles. The first-order valence-electron chi connectivity index (χ1n) is 9.35. The van der Waals surface area contributed by atoms with Gasteiger partial charge < -0.3 is 0 Å². The third-order valence-electron chi connectivity index (χ3n) is 4.34. The Hall–Kier alpha value is -2.99. The maximum Gasteiger partial charge on any atom is 0.271 e. The summed E-state index contributed by atoms with van der Waals surface area (Å²) >= 11 is 1.58. The molecule has 0 aliphatic carbocycles. The van der Waals surface area contributed by atoms with E-state index in [0.717, 1.165) is 39.0 Å². The van der Waals surface area contributed by atoms with Crippen LogP contribution in [0.4, 0.5) is 0 Å². The second-order valence-electron chi connectivity index (χ2n) is 6.98. The molecule has 0 spiro atoms. The Morgan fingerprint density at radius 3 is 2.34 bits per heavy atom. The third-order valence-corrected chi connectivity index (χ3v) is 5.26. The van der Waals surface area contributed by atoms with Gasteiger partial charge in [-0.3, -0.25) is 4.79 Å². The van der Waals surface area contributed by atoms with Gasteiger partial charge in [-0.1, -0.05) is 47.7 Å². The van der Waals surface area contributed by atoms with Crippen LogP contribution in [0.25, 0.3) is 0 Å². The summed E-state index contributed by atoms with van der Waals surface area (Å²) in [5.41, 5.74) is 9.50. The Balaban J connectivity index is 1.56. The SMILES string of the molecule is Cc1ccc(/C=N/NC(=O)c2ccc(CSc3nc(C)cc(C)n3)cc2)c(C)c1. The number of rotatable bonds is 6. The van der Waals surface area contributed by atoms with Gasteiger partial charge in [-0.25, -0.2) is 15.4 Å². The lowest BCUT2D eigenvalue weighted by Gasteiger charge is -2.05. The van der Waals surface area contributed by atoms with Crippen molar-refractivity contribution in [3.8, 4) is 0 Å². The van der Waals surface area contributed by atoms with Gasteiger partial charge in [-0.15, -0.1) is 0 Å². The van der Waals surface area contributed by atoms with E-state index >= 15 is 0 Å². The van der Waals surface area contributed by atoms with Crippen LogP contribution in [0.1, 0.15) is 44.0 Å². The van der Waals surface area contributed by atoms with Crippen LogP contribution < -0.4 is 5.43 Å². The molecule has 5 nitrogen and oxygen atoms in total. The maximum atomic E-state index is 12.3. The van der Waals surface area contributed by atoms with Crippen LogP contribution >= 0.6 is 11.8 Å². The highest BCUT2D eigenvalue weighted by Gasteiger charge is 2.06. The number of hydrogen-bond acceptors (Lipinski definition) is 5. The minimum absolute atomic E-state index is 0.233. The van der Waals surface area contributed by atoms with E-state index in [9.17, 15) is 4.79 Å². The minimum atomic E-state index is -0.233. The van der Waals surface area contributed by atoms with Crippen LogP contribution in [0, 0.1) is 27.7 Å². The topological polar surface area (TPSA) is 67.2 Å². The van der Waals surface area contributed by atoms with Gasteiger partial charge in [0.1, 0.15) is 0 Å². The molecule has 1 heterocycles. The number of carbonyl (C=O) groups excluding carboxylic acids is 1. The summed E-state index contributed by atoms with van der Waals surface area (Å²) in [6, 6.07) is 15.6. The maximum absolute atomic E-state index is 12.3. The zero-order valence-corrected chi connectivity index (χ0v) is 17.9. The van der Waals surface area contributed by atoms with E-state index < -0.39 is 0 Å². The number of aryl methyl sites for hydroxylation is 4. The molecule has 2 aromatic carbocycles. The third kappa shape index (κ3) is 5.99. The van der Waals surface area contributed by atoms with E-state index in [1.165, 1.54) is 5.56 Å². The number of aromatic nitrogens is 2. The molecule has 29 heavy (non-hydrogen) atoms. The Morgan fingerprint density at radius 2 is 1.69 bits per heavy atom. The smallest absolute Gasteiger partial charge is 0.267 e. The number of nitrogens with zero attached hydrogens (tertiary/aromatic N) is 3. The van der Waals surface area contributed by atoms with Gasteiger partial charge >= 0.3 is 0 Å². The molecular weight excluding hydrogens is 380 g/mol. The largest absolute Gasteiger partial charge is 0.271 e. The van der Waals surface area contributed by atoms with Crippen molar-refractivity contribution in [1.82, 2.24) is 15.4 Å². The highest BCUT2D eigenvalue weighted by atomic mass is 32.2. The summed E-state index contributed by atoms with van der Waals surface area (Å²) in [6.07, 6.45) is 1.67. The van der Waals surface area contributed by atoms with E-state index in [1.807, 2.05) is 58.0 Å². The van der Waals surface area contributed by atoms with Crippen LogP contribution in [0.15, 0.2) is 58.8 Å². The predicted molar refractivity (Wildman–Crippen MR) is 118 cm³/mol. The standard InChI is InChI=1S/C23H24N4OS/c1-15-5-8-21(16(2)11-15)13-24-27-22(28)20-9-6-19(7-10-20)14-29-23-25-17(3)12-18(4)26-23/h5-13H,14H2,1-4H3,(H,27,28)/b24-13+. The van der Waals surface area contributed by atoms with Gasteiger partial charge in [0.2, 0.25) is 0 Å². The molecule has 0 unspecified atom stereocenters. The second kappa shape index (κ2) is 9.47. The fourth-order valence-electron chi connectivity index (χ4n) is 2.85. The molecule has 0 radical (unpaired) electrons. The Bertz CT molecular complexity index is 1020. The van der Waals surface area contributed by atoms with Gasteiger partial charge in [-0.2, -0.15) is 5.10 Å². The highest BCUT2D eigenvalue weighted by Crippen LogP contribution is 2.20. The van der Waals surface area contributed by atoms with Crippen molar-refractivity contribution in [1.29, 1.82) is 0 Å². The molecule has 148 valence electrons. The van der Waals surface area contributed by atoms with Gasteiger partial charge in [0.25, 0.3) is 5.91 Å². The summed E-state index contributed by atoms with van der Waals surface area (Å²) in [5.74, 6) is 0.512. The van der Waals surface area contributed by atoms with Crippen LogP contribution in [-0.4, -0.2) is 22.1 Å². The van der Waals surface area contributed by atoms with Gasteiger partial charge in [0.05, 0.1) is 6.21 Å². The van der Waals surface area contributed by atoms with Gasteiger partial charge in [0.15, 0.2) is 5.16 Å². The lowest BCUT2D eigenvalue weighted by molar-refractivity contribution is 0.0955. The van der Waals surface area contributed by atoms with Crippen LogP contribution in [0.2, 0.25) is 0 Å². The molecule has 0 saturated heterocycles. The summed E-state index contributed by atoms with van der Waals surface area (Å²) in [4.78, 5) is 21.2. The zero-order chi connectivity index (χ0) is 20.8. The molecule has 6 heteroatoms. The zero-order valence-electron chi connectivity index (χ0n) is 17.1. The number of hydrogen-bond donors (Lipinski definition) is 1. The summed E-state index contributed by atoms with van der Waals surface area (Å²) in [7, 11) is 0. The molecule has 0 atom stereocenters. The normalized spacial score (nSPS) is 11.0. The van der Waals surface area contributed by atoms with E-state index in [0.29, 0.717) is 5.56 Å². The summed E-state index contributed by atoms with van der Waals surface area (Å²) < 4.78 is 0. The average Bonchev–Trinajstić information content (AvgIpc) is 2.67. The van der Waals surface area contributed by atoms with Crippen molar-refractivity contribution in [2.24, 2.45) is 5.10 Å². The number of carbonyl (C=O) groups is 1. The molecule has 3 rings (SSSR count). The highest BCUT2D eigenvalue weighted by molar-refractivity contribution is 7.98. The lowest BCUT2D eigenvalue weighted by Crippen LogP contribution is -2.17. The van der Waals surface area contributed by atoms with Crippen molar-refractivity contribution in [2.75, 3.05) is 0 Å². The molecule has 0 aliphatic rings. The number of thioether (sulfide) groups is 1. The average molecular weight is 405 g/mol. The van der Waals surface area contributed by atoms with E-state index in [-0.39, 0.29) is 5.91 Å². The van der Waals surface area contributed by atoms with E-state index in [4.69, 9.17) is 0 Å². The Kier molecular flexibility index (Phi) is 6.77. The predicted octanol–water partition coefficient (Wildman–Crippen LogP) is 4.77. The molecule has 0 bridgehead atoms. The lowest BCUT2D eigenvalue weighted by atomic mass is 10.1. The number of amides is 1. The van der Waals surface area contributed by atoms with Crippen molar-refractivity contribution in [2.45, 2.75) is 38.6 Å². The first-order valence-corrected chi connectivity index (χ1v) is 10.3. The number of hydrazone groups is 1. The molecule has 3 aromatic rings. The minimum Gasteiger partial charge on any atom is -0.267 e. The van der Waals surface area contributed by atoms with Crippen LogP contribution in [0.5, 0.6) is 0 Å². The monoisotopic (exact) mass is 404 g/mol. The van der Waals surface area contributed by atoms with Crippen molar-refractivity contribution in [3.05, 3.63) is 87.7 Å². The molecular formula is C23H24N4OS. The molecule has 0 aliphatic heterocycles. The van der Waals surface area contributed by atoms with Gasteiger partial charge in [0, 0.05) is 22.7 Å². The molecule has 1 amide bonds. The fraction of sp³-hybridized carbons (Fsp3) is 0.217. The van der Waals surface area contributed by atoms with Crippen molar-refractivity contribution >= 4 is 23.9 Å². The van der Waals surface area contributed by atoms with Crippen molar-refractivity contribution in [3.63, 3.8) is 0 Å². The van der Waals surface area contributed by atoms with E-state index in [2.05, 4.69) is 26.6 Å². The van der Waals surface area contributed by atoms with E-state index in [1.54, 1.807) is 30.1 Å². The first-order chi connectivity index (χ1) is 13.9. The quantitative estimate of drug-likeness (QED) is 0.278. The molecule has 0 fully saturated rings. The summed E-state index contributed by atoms with van der Waals surface area (Å²) in [6.45, 7) is 8.01. The van der Waals surface area contributed by atoms with Crippen molar-refractivity contribution < 1.29 is 4.79 Å². The Morgan fingerprint density at radius 1 is 1.00 bits per heavy atom. The first kappa shape index (κ1) is 20.7. The fourth-order valence-corrected chi connectivity index (χ4v) is 3.76.